The number of fused-ring (bicyclic) bond motifs is 3. The Kier molecular flexibility index (Phi) is 7.96. The second-order valence-electron chi connectivity index (χ2n) is 11.7. The van der Waals surface area contributed by atoms with Crippen LogP contribution < -0.4 is 15.8 Å². The van der Waals surface area contributed by atoms with E-state index >= 15 is 0 Å². The molecule has 3 aliphatic carbocycles. The highest BCUT2D eigenvalue weighted by atomic mass is 19.4. The van der Waals surface area contributed by atoms with Crippen molar-refractivity contribution < 1.29 is 52.7 Å². The summed E-state index contributed by atoms with van der Waals surface area (Å²) in [6.45, 7) is -1.32. The first kappa shape index (κ1) is 32.0. The third-order valence-corrected chi connectivity index (χ3v) is 8.81. The summed E-state index contributed by atoms with van der Waals surface area (Å²) < 4.78 is 43.6. The topological polar surface area (TPSA) is 183 Å². The molecule has 11 nitrogen and oxygen atoms in total. The largest absolute Gasteiger partial charge is 0.510 e. The van der Waals surface area contributed by atoms with Crippen molar-refractivity contribution in [1.82, 2.24) is 10.2 Å². The number of nitrogens with one attached hydrogen (secondary N) is 1. The van der Waals surface area contributed by atoms with E-state index in [9.17, 15) is 48.0 Å². The van der Waals surface area contributed by atoms with Gasteiger partial charge in [0, 0.05) is 23.6 Å². The van der Waals surface area contributed by atoms with E-state index in [1.165, 1.54) is 32.2 Å². The standard InChI is InChI=1S/C31H32F3N3O8/c1-37(2)24-18-10-14-9-17-15(16-8-13(4-7-20(16)45-3)11-36-12-30(32,33)34)5-6-19(38)22(17)25(39)21(14)27(41)31(18,44)28(42)23(26(24)40)29(35)43/h4-8,14,18,24,36,38,40-41,44H,9-12H2,1-3H3,(H2,35,43)/t14-,18+,24?,31+/m0/s1. The van der Waals surface area contributed by atoms with Gasteiger partial charge in [0.2, 0.25) is 5.78 Å². The summed E-state index contributed by atoms with van der Waals surface area (Å²) in [5.41, 5.74) is 2.91. The minimum Gasteiger partial charge on any atom is -0.510 e. The van der Waals surface area contributed by atoms with E-state index in [0.29, 0.717) is 28.0 Å². The molecule has 2 aromatic rings. The third kappa shape index (κ3) is 5.12. The number of methoxy groups -OCH3 is 1. The highest BCUT2D eigenvalue weighted by Gasteiger charge is 2.63. The number of carbonyl (C=O) groups excluding carboxylic acids is 3. The molecule has 7 N–H and O–H groups in total. The number of hydrogen-bond donors (Lipinski definition) is 6. The molecule has 0 saturated heterocycles. The number of ether oxygens (including phenoxy) is 1. The quantitative estimate of drug-likeness (QED) is 0.248. The number of phenols is 1. The number of aliphatic hydroxyl groups is 3. The number of likely N-dealkylation sites (N-methyl/N-ethyl adjacent to an activating group) is 1. The SMILES string of the molecule is COc1ccc(CNCC(F)(F)F)cc1-c1ccc(O)c2c1C[C@H]1C[C@@H]3C(N(C)C)C(O)=C(C(N)=O)C(=O)[C@]3(O)C(O)=C1C2=O. The number of hydrogen-bond acceptors (Lipinski definition) is 10. The number of aromatic hydroxyl groups is 1. The molecular formula is C31H32F3N3O8. The Morgan fingerprint density at radius 3 is 2.42 bits per heavy atom. The Morgan fingerprint density at radius 2 is 1.82 bits per heavy atom. The number of Topliss-reactive ketones (excluding diaryl/α,β-unsaturated/α-hetero) is 2. The summed E-state index contributed by atoms with van der Waals surface area (Å²) in [7, 11) is 4.47. The summed E-state index contributed by atoms with van der Waals surface area (Å²) in [5, 5.41) is 47.4. The Morgan fingerprint density at radius 1 is 1.13 bits per heavy atom. The lowest BCUT2D eigenvalue weighted by Gasteiger charge is -2.50. The van der Waals surface area contributed by atoms with E-state index in [-0.39, 0.29) is 30.5 Å². The predicted molar refractivity (Wildman–Crippen MR) is 153 cm³/mol. The number of rotatable bonds is 7. The maximum absolute atomic E-state index is 14.0. The number of halogens is 3. The average Bonchev–Trinajstić information content (AvgIpc) is 2.94. The van der Waals surface area contributed by atoms with Crippen LogP contribution in [0.25, 0.3) is 11.1 Å². The van der Waals surface area contributed by atoms with Gasteiger partial charge in [0.25, 0.3) is 5.91 Å². The maximum Gasteiger partial charge on any atom is 0.401 e. The first-order valence-corrected chi connectivity index (χ1v) is 14.0. The first-order chi connectivity index (χ1) is 21.0. The number of alkyl halides is 3. The Labute approximate surface area is 255 Å². The summed E-state index contributed by atoms with van der Waals surface area (Å²) in [6, 6.07) is 6.42. The average molecular weight is 632 g/mol. The lowest BCUT2D eigenvalue weighted by Crippen LogP contribution is -2.63. The van der Waals surface area contributed by atoms with Crippen molar-refractivity contribution in [3.63, 3.8) is 0 Å². The van der Waals surface area contributed by atoms with Crippen LogP contribution in [0.15, 0.2) is 53.0 Å². The van der Waals surface area contributed by atoms with Gasteiger partial charge in [0.05, 0.1) is 25.3 Å². The smallest absolute Gasteiger partial charge is 0.401 e. The number of ketones is 2. The molecular weight excluding hydrogens is 599 g/mol. The lowest BCUT2D eigenvalue weighted by molar-refractivity contribution is -0.148. The molecule has 0 aliphatic heterocycles. The van der Waals surface area contributed by atoms with E-state index in [4.69, 9.17) is 10.5 Å². The van der Waals surface area contributed by atoms with Crippen LogP contribution in [0.2, 0.25) is 0 Å². The molecule has 240 valence electrons. The number of primary amides is 1. The summed E-state index contributed by atoms with van der Waals surface area (Å²) >= 11 is 0. The van der Waals surface area contributed by atoms with Gasteiger partial charge >= 0.3 is 6.18 Å². The molecule has 0 saturated carbocycles. The number of phenolic OH excluding ortho intramolecular Hbond substituents is 1. The number of aliphatic hydroxyl groups excluding tert-OH is 2. The van der Waals surface area contributed by atoms with Crippen molar-refractivity contribution in [3.05, 3.63) is 69.7 Å². The second kappa shape index (κ2) is 11.2. The molecule has 45 heavy (non-hydrogen) atoms. The minimum absolute atomic E-state index is 0.0258. The highest BCUT2D eigenvalue weighted by Crippen LogP contribution is 2.53. The van der Waals surface area contributed by atoms with Gasteiger partial charge in [-0.1, -0.05) is 12.1 Å². The van der Waals surface area contributed by atoms with Crippen molar-refractivity contribution in [2.45, 2.75) is 37.2 Å². The molecule has 0 radical (unpaired) electrons. The molecule has 14 heteroatoms. The zero-order valence-corrected chi connectivity index (χ0v) is 24.5. The van der Waals surface area contributed by atoms with Gasteiger partial charge < -0.3 is 36.2 Å². The van der Waals surface area contributed by atoms with Gasteiger partial charge in [0.1, 0.15) is 28.6 Å². The normalized spacial score (nSPS) is 24.8. The molecule has 3 aliphatic rings. The van der Waals surface area contributed by atoms with Crippen LogP contribution >= 0.6 is 0 Å². The van der Waals surface area contributed by atoms with Gasteiger partial charge in [-0.05, 0) is 67.7 Å². The number of nitrogens with zero attached hydrogens (tertiary/aromatic N) is 1. The fourth-order valence-electron chi connectivity index (χ4n) is 6.93. The zero-order valence-electron chi connectivity index (χ0n) is 24.5. The van der Waals surface area contributed by atoms with Crippen molar-refractivity contribution in [3.8, 4) is 22.6 Å². The van der Waals surface area contributed by atoms with E-state index in [1.54, 1.807) is 24.3 Å². The number of amides is 1. The van der Waals surface area contributed by atoms with Crippen LogP contribution in [0.1, 0.15) is 27.9 Å². The molecule has 0 bridgehead atoms. The van der Waals surface area contributed by atoms with Crippen molar-refractivity contribution in [2.75, 3.05) is 27.7 Å². The highest BCUT2D eigenvalue weighted by molar-refractivity contribution is 6.25. The van der Waals surface area contributed by atoms with E-state index in [2.05, 4.69) is 5.32 Å². The molecule has 0 spiro atoms. The molecule has 0 fully saturated rings. The van der Waals surface area contributed by atoms with Crippen LogP contribution in [-0.2, 0) is 22.6 Å². The molecule has 0 heterocycles. The van der Waals surface area contributed by atoms with Crippen molar-refractivity contribution in [2.24, 2.45) is 17.6 Å². The second-order valence-corrected chi connectivity index (χ2v) is 11.7. The van der Waals surface area contributed by atoms with Gasteiger partial charge in [-0.2, -0.15) is 13.2 Å². The van der Waals surface area contributed by atoms with Crippen LogP contribution in [0.4, 0.5) is 13.2 Å². The molecule has 5 rings (SSSR count). The minimum atomic E-state index is -4.41. The van der Waals surface area contributed by atoms with E-state index < -0.39 is 76.5 Å². The van der Waals surface area contributed by atoms with E-state index in [0.717, 1.165) is 0 Å². The number of nitrogens with two attached hydrogens (primary N) is 1. The molecule has 2 aromatic carbocycles. The van der Waals surface area contributed by atoms with Crippen LogP contribution in [-0.4, -0.2) is 88.4 Å². The summed E-state index contributed by atoms with van der Waals surface area (Å²) in [4.78, 5) is 41.1. The van der Waals surface area contributed by atoms with E-state index in [1.807, 2.05) is 0 Å². The van der Waals surface area contributed by atoms with Crippen molar-refractivity contribution >= 4 is 17.5 Å². The van der Waals surface area contributed by atoms with Crippen LogP contribution in [0, 0.1) is 11.8 Å². The Bertz CT molecular complexity index is 1680. The first-order valence-electron chi connectivity index (χ1n) is 14.0. The monoisotopic (exact) mass is 631 g/mol. The molecule has 1 amide bonds. The fraction of sp³-hybridized carbons (Fsp3) is 0.387. The predicted octanol–water partition coefficient (Wildman–Crippen LogP) is 2.45. The number of carbonyl (C=O) groups is 3. The van der Waals surface area contributed by atoms with Crippen molar-refractivity contribution in [1.29, 1.82) is 0 Å². The fourth-order valence-corrected chi connectivity index (χ4v) is 6.93. The third-order valence-electron chi connectivity index (χ3n) is 8.81. The Balaban J connectivity index is 1.65. The number of benzene rings is 2. The van der Waals surface area contributed by atoms with Crippen LogP contribution in [0.5, 0.6) is 11.5 Å². The molecule has 1 unspecified atom stereocenters. The number of allylic oxidation sites excluding steroid dienone is 1. The molecule has 0 aromatic heterocycles. The van der Waals surface area contributed by atoms with Crippen LogP contribution in [0.3, 0.4) is 0 Å². The molecule has 4 atom stereocenters. The Hall–Kier alpha value is -4.40. The summed E-state index contributed by atoms with van der Waals surface area (Å²) in [6.07, 6.45) is -4.48. The zero-order chi connectivity index (χ0) is 33.2. The van der Waals surface area contributed by atoms with Gasteiger partial charge in [-0.3, -0.25) is 19.3 Å². The lowest BCUT2D eigenvalue weighted by atomic mass is 9.58. The van der Waals surface area contributed by atoms with Gasteiger partial charge in [-0.25, -0.2) is 0 Å². The summed E-state index contributed by atoms with van der Waals surface area (Å²) in [5.74, 6) is -7.27. The van der Waals surface area contributed by atoms with Gasteiger partial charge in [0.15, 0.2) is 11.4 Å². The van der Waals surface area contributed by atoms with Gasteiger partial charge in [-0.15, -0.1) is 0 Å². The maximum atomic E-state index is 14.0.